The molecule has 0 aliphatic carbocycles. The molecule has 1 aliphatic rings. The molecule has 2 aromatic carbocycles. The summed E-state index contributed by atoms with van der Waals surface area (Å²) in [6.07, 6.45) is 1.56. The van der Waals surface area contributed by atoms with E-state index in [4.69, 9.17) is 15.5 Å². The minimum Gasteiger partial charge on any atom is -0.480 e. The van der Waals surface area contributed by atoms with E-state index >= 15 is 0 Å². The molecule has 1 aliphatic heterocycles. The maximum atomic E-state index is 13.1. The third-order valence-corrected chi connectivity index (χ3v) is 6.22. The number of hydrogen-bond donors (Lipinski definition) is 1. The second kappa shape index (κ2) is 9.39. The van der Waals surface area contributed by atoms with Gasteiger partial charge in [0.1, 0.15) is 5.75 Å². The number of rotatable bonds is 6. The van der Waals surface area contributed by atoms with Crippen LogP contribution in [0.1, 0.15) is 53.7 Å². The predicted octanol–water partition coefficient (Wildman–Crippen LogP) is 4.21. The summed E-state index contributed by atoms with van der Waals surface area (Å²) in [7, 11) is 0. The zero-order valence-corrected chi connectivity index (χ0v) is 18.6. The van der Waals surface area contributed by atoms with Gasteiger partial charge < -0.3 is 15.4 Å². The number of fused-ring (bicyclic) bond motifs is 1. The zero-order chi connectivity index (χ0) is 22.7. The van der Waals surface area contributed by atoms with E-state index in [0.29, 0.717) is 25.1 Å². The quantitative estimate of drug-likeness (QED) is 0.634. The van der Waals surface area contributed by atoms with Crippen LogP contribution in [0, 0.1) is 6.92 Å². The molecule has 0 spiro atoms. The van der Waals surface area contributed by atoms with E-state index in [-0.39, 0.29) is 11.8 Å². The maximum absolute atomic E-state index is 13.1. The van der Waals surface area contributed by atoms with E-state index in [1.807, 2.05) is 73.3 Å². The third kappa shape index (κ3) is 4.44. The maximum Gasteiger partial charge on any atom is 0.263 e. The smallest absolute Gasteiger partial charge is 0.263 e. The summed E-state index contributed by atoms with van der Waals surface area (Å²) < 4.78 is 6.05. The number of amides is 2. The van der Waals surface area contributed by atoms with Crippen LogP contribution in [0.3, 0.4) is 0 Å². The molecular formula is C26H29N3O3. The van der Waals surface area contributed by atoms with Crippen molar-refractivity contribution < 1.29 is 14.3 Å². The van der Waals surface area contributed by atoms with Gasteiger partial charge >= 0.3 is 0 Å². The largest absolute Gasteiger partial charge is 0.480 e. The second-order valence-electron chi connectivity index (χ2n) is 8.36. The normalized spacial score (nSPS) is 15.5. The number of aryl methyl sites for hydroxylation is 1. The van der Waals surface area contributed by atoms with E-state index in [9.17, 15) is 9.59 Å². The van der Waals surface area contributed by atoms with Gasteiger partial charge in [0.2, 0.25) is 0 Å². The van der Waals surface area contributed by atoms with Crippen LogP contribution < -0.4 is 10.5 Å². The van der Waals surface area contributed by atoms with Crippen molar-refractivity contribution in [3.05, 3.63) is 71.4 Å². The summed E-state index contributed by atoms with van der Waals surface area (Å²) in [5, 5.41) is 0.900. The van der Waals surface area contributed by atoms with Crippen LogP contribution in [0.5, 0.6) is 5.75 Å². The Hall–Kier alpha value is -3.41. The summed E-state index contributed by atoms with van der Waals surface area (Å²) in [5.41, 5.74) is 8.75. The van der Waals surface area contributed by atoms with E-state index in [1.54, 1.807) is 0 Å². The van der Waals surface area contributed by atoms with Gasteiger partial charge in [-0.3, -0.25) is 14.6 Å². The molecule has 2 heterocycles. The van der Waals surface area contributed by atoms with Crippen molar-refractivity contribution in [3.63, 3.8) is 0 Å². The summed E-state index contributed by atoms with van der Waals surface area (Å²) in [4.78, 5) is 31.9. The van der Waals surface area contributed by atoms with Crippen LogP contribution in [0.2, 0.25) is 0 Å². The molecule has 0 unspecified atom stereocenters. The summed E-state index contributed by atoms with van der Waals surface area (Å²) >= 11 is 0. The molecule has 3 aromatic rings. The molecule has 2 N–H and O–H groups in total. The van der Waals surface area contributed by atoms with Gasteiger partial charge in [0.05, 0.1) is 16.8 Å². The number of carbonyl (C=O) groups is 2. The number of primary amides is 1. The average Bonchev–Trinajstić information content (AvgIpc) is 2.82. The van der Waals surface area contributed by atoms with Crippen molar-refractivity contribution in [1.29, 1.82) is 0 Å². The number of para-hydroxylation sites is 2. The highest BCUT2D eigenvalue weighted by atomic mass is 16.5. The first-order chi connectivity index (χ1) is 15.5. The molecule has 1 fully saturated rings. The second-order valence-corrected chi connectivity index (χ2v) is 8.36. The number of aromatic nitrogens is 1. The lowest BCUT2D eigenvalue weighted by Gasteiger charge is -2.34. The Morgan fingerprint density at radius 2 is 1.81 bits per heavy atom. The van der Waals surface area contributed by atoms with Gasteiger partial charge in [0.25, 0.3) is 11.8 Å². The first-order valence-corrected chi connectivity index (χ1v) is 11.2. The number of pyridine rings is 1. The lowest BCUT2D eigenvalue weighted by molar-refractivity contribution is -0.140. The third-order valence-electron chi connectivity index (χ3n) is 6.22. The van der Waals surface area contributed by atoms with Crippen LogP contribution in [0.4, 0.5) is 0 Å². The Labute approximate surface area is 188 Å². The van der Waals surface area contributed by atoms with Crippen LogP contribution in [-0.4, -0.2) is 40.9 Å². The summed E-state index contributed by atoms with van der Waals surface area (Å²) in [6, 6.07) is 17.3. The van der Waals surface area contributed by atoms with Gasteiger partial charge in [-0.25, -0.2) is 0 Å². The fourth-order valence-corrected chi connectivity index (χ4v) is 4.37. The van der Waals surface area contributed by atoms with Crippen LogP contribution in [0.25, 0.3) is 10.9 Å². The zero-order valence-electron chi connectivity index (χ0n) is 18.6. The van der Waals surface area contributed by atoms with Crippen molar-refractivity contribution in [2.75, 3.05) is 13.1 Å². The van der Waals surface area contributed by atoms with Crippen molar-refractivity contribution in [3.8, 4) is 5.75 Å². The fraction of sp³-hybridized carbons (Fsp3) is 0.346. The number of carbonyl (C=O) groups excluding carboxylic acids is 2. The number of hydrogen-bond acceptors (Lipinski definition) is 4. The monoisotopic (exact) mass is 431 g/mol. The number of piperidine rings is 1. The van der Waals surface area contributed by atoms with Crippen molar-refractivity contribution in [1.82, 2.24) is 9.88 Å². The SMILES string of the molecule is CC[C@@H](Oc1ccccc1C)C(=O)N1CCC(c2nc3ccccc3cc2C(N)=O)CC1. The molecule has 6 nitrogen and oxygen atoms in total. The van der Waals surface area contributed by atoms with Crippen molar-refractivity contribution in [2.24, 2.45) is 5.73 Å². The molecule has 1 saturated heterocycles. The summed E-state index contributed by atoms with van der Waals surface area (Å²) in [6.45, 7) is 5.14. The Kier molecular flexibility index (Phi) is 6.40. The van der Waals surface area contributed by atoms with Crippen LogP contribution in [0.15, 0.2) is 54.6 Å². The molecule has 1 atom stereocenters. The van der Waals surface area contributed by atoms with E-state index < -0.39 is 12.0 Å². The van der Waals surface area contributed by atoms with Gasteiger partial charge in [-0.2, -0.15) is 0 Å². The molecule has 6 heteroatoms. The molecule has 4 rings (SSSR count). The molecule has 0 saturated carbocycles. The number of nitrogens with zero attached hydrogens (tertiary/aromatic N) is 2. The minimum absolute atomic E-state index is 0.01000. The van der Waals surface area contributed by atoms with Crippen LogP contribution in [-0.2, 0) is 4.79 Å². The van der Waals surface area contributed by atoms with Gasteiger partial charge in [-0.05, 0) is 49.9 Å². The highest BCUT2D eigenvalue weighted by molar-refractivity contribution is 5.97. The number of likely N-dealkylation sites (tertiary alicyclic amines) is 1. The van der Waals surface area contributed by atoms with E-state index in [0.717, 1.165) is 40.8 Å². The first-order valence-electron chi connectivity index (χ1n) is 11.2. The highest BCUT2D eigenvalue weighted by Crippen LogP contribution is 2.31. The summed E-state index contributed by atoms with van der Waals surface area (Å²) in [5.74, 6) is 0.378. The molecular weight excluding hydrogens is 402 g/mol. The number of nitrogens with two attached hydrogens (primary N) is 1. The topological polar surface area (TPSA) is 85.5 Å². The molecule has 0 radical (unpaired) electrons. The van der Waals surface area contributed by atoms with Gasteiger partial charge in [-0.1, -0.05) is 43.3 Å². The number of benzene rings is 2. The molecule has 1 aromatic heterocycles. The first kappa shape index (κ1) is 21.8. The van der Waals surface area contributed by atoms with Crippen LogP contribution >= 0.6 is 0 Å². The standard InChI is InChI=1S/C26H29N3O3/c1-3-22(32-23-11-7-4-8-17(23)2)26(31)29-14-12-18(13-15-29)24-20(25(27)30)16-19-9-5-6-10-21(19)28-24/h4-11,16,18,22H,3,12-15H2,1-2H3,(H2,27,30)/t22-/m1/s1. The molecule has 166 valence electrons. The van der Waals surface area contributed by atoms with Gasteiger partial charge in [0, 0.05) is 24.4 Å². The van der Waals surface area contributed by atoms with Gasteiger partial charge in [0.15, 0.2) is 6.10 Å². The van der Waals surface area contributed by atoms with E-state index in [2.05, 4.69) is 0 Å². The highest BCUT2D eigenvalue weighted by Gasteiger charge is 2.31. The average molecular weight is 432 g/mol. The van der Waals surface area contributed by atoms with Gasteiger partial charge in [-0.15, -0.1) is 0 Å². The van der Waals surface area contributed by atoms with Crippen molar-refractivity contribution in [2.45, 2.75) is 45.1 Å². The lowest BCUT2D eigenvalue weighted by atomic mass is 9.89. The number of ether oxygens (including phenoxy) is 1. The Bertz CT molecular complexity index is 1140. The minimum atomic E-state index is -0.507. The predicted molar refractivity (Wildman–Crippen MR) is 125 cm³/mol. The molecule has 0 bridgehead atoms. The Morgan fingerprint density at radius 1 is 1.12 bits per heavy atom. The fourth-order valence-electron chi connectivity index (χ4n) is 4.37. The van der Waals surface area contributed by atoms with E-state index in [1.165, 1.54) is 0 Å². The lowest BCUT2D eigenvalue weighted by Crippen LogP contribution is -2.45. The van der Waals surface area contributed by atoms with Crippen molar-refractivity contribution >= 4 is 22.7 Å². The molecule has 32 heavy (non-hydrogen) atoms. The molecule has 2 amide bonds. The Morgan fingerprint density at radius 3 is 2.50 bits per heavy atom. The Balaban J connectivity index is 1.48.